The average molecular weight is 180 g/mol. The summed E-state index contributed by atoms with van der Waals surface area (Å²) in [6.45, 7) is 3.34. The van der Waals surface area contributed by atoms with Gasteiger partial charge in [-0.1, -0.05) is 6.07 Å². The van der Waals surface area contributed by atoms with Crippen molar-refractivity contribution in [3.05, 3.63) is 34.2 Å². The van der Waals surface area contributed by atoms with E-state index < -0.39 is 0 Å². The highest BCUT2D eigenvalue weighted by Crippen LogP contribution is 1.95. The molecule has 0 aliphatic rings. The van der Waals surface area contributed by atoms with E-state index >= 15 is 0 Å². The molecule has 0 saturated carbocycles. The van der Waals surface area contributed by atoms with Crippen molar-refractivity contribution >= 4 is 0 Å². The topological polar surface area (TPSA) is 48.0 Å². The molecule has 0 amide bonds. The third-order valence-corrected chi connectivity index (χ3v) is 2.09. The Bertz CT molecular complexity index is 317. The van der Waals surface area contributed by atoms with Gasteiger partial charge in [0.2, 0.25) is 0 Å². The lowest BCUT2D eigenvalue weighted by atomic mass is 10.1. The quantitative estimate of drug-likeness (QED) is 0.743. The lowest BCUT2D eigenvalue weighted by Crippen LogP contribution is -2.22. The van der Waals surface area contributed by atoms with Gasteiger partial charge in [-0.15, -0.1) is 0 Å². The molecule has 1 aromatic rings. The predicted octanol–water partition coefficient (Wildman–Crippen LogP) is 0.760. The van der Waals surface area contributed by atoms with Crippen LogP contribution in [-0.2, 0) is 13.0 Å². The van der Waals surface area contributed by atoms with Crippen molar-refractivity contribution in [3.8, 4) is 0 Å². The molecular formula is C10H16N2O. The van der Waals surface area contributed by atoms with Gasteiger partial charge in [0.05, 0.1) is 0 Å². The van der Waals surface area contributed by atoms with Crippen LogP contribution in [0, 0.1) is 0 Å². The zero-order valence-electron chi connectivity index (χ0n) is 7.99. The van der Waals surface area contributed by atoms with Crippen molar-refractivity contribution in [2.75, 3.05) is 6.54 Å². The lowest BCUT2D eigenvalue weighted by Gasteiger charge is -2.04. The Morgan fingerprint density at radius 1 is 1.54 bits per heavy atom. The van der Waals surface area contributed by atoms with Gasteiger partial charge in [0.15, 0.2) is 0 Å². The fraction of sp³-hybridized carbons (Fsp3) is 0.500. The van der Waals surface area contributed by atoms with Crippen molar-refractivity contribution in [1.29, 1.82) is 0 Å². The van der Waals surface area contributed by atoms with Crippen LogP contribution in [0.5, 0.6) is 0 Å². The van der Waals surface area contributed by atoms with Gasteiger partial charge in [-0.05, 0) is 32.4 Å². The van der Waals surface area contributed by atoms with Crippen LogP contribution in [0.15, 0.2) is 23.1 Å². The molecule has 1 aromatic heterocycles. The maximum atomic E-state index is 11.6. The van der Waals surface area contributed by atoms with Crippen molar-refractivity contribution in [1.82, 2.24) is 4.57 Å². The van der Waals surface area contributed by atoms with E-state index in [2.05, 4.69) is 0 Å². The molecule has 1 heterocycles. The molecule has 0 unspecified atom stereocenters. The van der Waals surface area contributed by atoms with E-state index in [9.17, 15) is 4.79 Å². The minimum atomic E-state index is 0.124. The predicted molar refractivity (Wildman–Crippen MR) is 53.8 cm³/mol. The summed E-state index contributed by atoms with van der Waals surface area (Å²) in [5.41, 5.74) is 6.38. The summed E-state index contributed by atoms with van der Waals surface area (Å²) in [5, 5.41) is 0. The number of nitrogens with two attached hydrogens (primary N) is 1. The van der Waals surface area contributed by atoms with Gasteiger partial charge in [-0.2, -0.15) is 0 Å². The second-order valence-corrected chi connectivity index (χ2v) is 3.02. The highest BCUT2D eigenvalue weighted by Gasteiger charge is 2.00. The molecule has 0 spiro atoms. The van der Waals surface area contributed by atoms with Crippen LogP contribution in [-0.4, -0.2) is 11.1 Å². The summed E-state index contributed by atoms with van der Waals surface area (Å²) in [4.78, 5) is 11.6. The Labute approximate surface area is 78.2 Å². The van der Waals surface area contributed by atoms with E-state index in [4.69, 9.17) is 5.73 Å². The Morgan fingerprint density at radius 3 is 2.92 bits per heavy atom. The molecule has 3 nitrogen and oxygen atoms in total. The standard InChI is InChI=1S/C10H16N2O/c1-2-12-8-4-6-9(10(12)13)5-3-7-11/h4,6,8H,2-3,5,7,11H2,1H3. The third-order valence-electron chi connectivity index (χ3n) is 2.09. The van der Waals surface area contributed by atoms with Gasteiger partial charge in [0.25, 0.3) is 5.56 Å². The monoisotopic (exact) mass is 180 g/mol. The summed E-state index contributed by atoms with van der Waals surface area (Å²) in [6, 6.07) is 3.79. The fourth-order valence-corrected chi connectivity index (χ4v) is 1.32. The summed E-state index contributed by atoms with van der Waals surface area (Å²) in [6.07, 6.45) is 3.48. The van der Waals surface area contributed by atoms with Crippen molar-refractivity contribution < 1.29 is 0 Å². The van der Waals surface area contributed by atoms with Gasteiger partial charge in [0.1, 0.15) is 0 Å². The molecule has 72 valence electrons. The first-order valence-corrected chi connectivity index (χ1v) is 4.68. The van der Waals surface area contributed by atoms with Gasteiger partial charge in [0, 0.05) is 18.3 Å². The lowest BCUT2D eigenvalue weighted by molar-refractivity contribution is 0.705. The summed E-state index contributed by atoms with van der Waals surface area (Å²) < 4.78 is 1.71. The van der Waals surface area contributed by atoms with Gasteiger partial charge >= 0.3 is 0 Å². The molecule has 3 heteroatoms. The molecule has 13 heavy (non-hydrogen) atoms. The van der Waals surface area contributed by atoms with Crippen LogP contribution < -0.4 is 11.3 Å². The Hall–Kier alpha value is -1.09. The van der Waals surface area contributed by atoms with Gasteiger partial charge < -0.3 is 10.3 Å². The smallest absolute Gasteiger partial charge is 0.253 e. The van der Waals surface area contributed by atoms with Crippen LogP contribution in [0.25, 0.3) is 0 Å². The van der Waals surface area contributed by atoms with E-state index in [0.717, 1.165) is 24.9 Å². The second kappa shape index (κ2) is 4.82. The van der Waals surface area contributed by atoms with Crippen LogP contribution >= 0.6 is 0 Å². The Morgan fingerprint density at radius 2 is 2.31 bits per heavy atom. The van der Waals surface area contributed by atoms with E-state index in [1.54, 1.807) is 4.57 Å². The van der Waals surface area contributed by atoms with Crippen LogP contribution in [0.1, 0.15) is 18.9 Å². The molecule has 0 bridgehead atoms. The number of rotatable bonds is 4. The molecule has 0 aliphatic carbocycles. The first kappa shape index (κ1) is 9.99. The third kappa shape index (κ3) is 2.42. The van der Waals surface area contributed by atoms with Crippen molar-refractivity contribution in [2.45, 2.75) is 26.3 Å². The molecule has 1 rings (SSSR count). The summed E-state index contributed by atoms with van der Waals surface area (Å²) >= 11 is 0. The maximum Gasteiger partial charge on any atom is 0.253 e. The zero-order chi connectivity index (χ0) is 9.68. The largest absolute Gasteiger partial charge is 0.330 e. The normalized spacial score (nSPS) is 10.3. The number of aryl methyl sites for hydroxylation is 2. The summed E-state index contributed by atoms with van der Waals surface area (Å²) in [7, 11) is 0. The molecule has 2 N–H and O–H groups in total. The Kier molecular flexibility index (Phi) is 3.71. The molecule has 0 aliphatic heterocycles. The molecule has 0 radical (unpaired) electrons. The van der Waals surface area contributed by atoms with Crippen LogP contribution in [0.3, 0.4) is 0 Å². The number of hydrogen-bond donors (Lipinski definition) is 1. The first-order valence-electron chi connectivity index (χ1n) is 4.68. The zero-order valence-corrected chi connectivity index (χ0v) is 7.99. The van der Waals surface area contributed by atoms with Crippen LogP contribution in [0.4, 0.5) is 0 Å². The highest BCUT2D eigenvalue weighted by atomic mass is 16.1. The van der Waals surface area contributed by atoms with Crippen molar-refractivity contribution in [2.24, 2.45) is 5.73 Å². The second-order valence-electron chi connectivity index (χ2n) is 3.02. The minimum Gasteiger partial charge on any atom is -0.330 e. The van der Waals surface area contributed by atoms with Crippen LogP contribution in [0.2, 0.25) is 0 Å². The first-order chi connectivity index (χ1) is 6.29. The maximum absolute atomic E-state index is 11.6. The van der Waals surface area contributed by atoms with E-state index in [1.165, 1.54) is 0 Å². The minimum absolute atomic E-state index is 0.124. The van der Waals surface area contributed by atoms with E-state index in [1.807, 2.05) is 25.3 Å². The van der Waals surface area contributed by atoms with Gasteiger partial charge in [-0.3, -0.25) is 4.79 Å². The Balaban J connectivity index is 2.88. The number of pyridine rings is 1. The molecule has 0 saturated heterocycles. The molecular weight excluding hydrogens is 164 g/mol. The van der Waals surface area contributed by atoms with E-state index in [-0.39, 0.29) is 5.56 Å². The SMILES string of the molecule is CCn1cccc(CCCN)c1=O. The molecule has 0 atom stereocenters. The summed E-state index contributed by atoms with van der Waals surface area (Å²) in [5.74, 6) is 0. The van der Waals surface area contributed by atoms with Crippen molar-refractivity contribution in [3.63, 3.8) is 0 Å². The molecule has 0 fully saturated rings. The number of nitrogens with zero attached hydrogens (tertiary/aromatic N) is 1. The fourth-order valence-electron chi connectivity index (χ4n) is 1.32. The average Bonchev–Trinajstić information content (AvgIpc) is 2.16. The van der Waals surface area contributed by atoms with Gasteiger partial charge in [-0.25, -0.2) is 0 Å². The van der Waals surface area contributed by atoms with E-state index in [0.29, 0.717) is 6.54 Å². The highest BCUT2D eigenvalue weighted by molar-refractivity contribution is 5.10. The number of aromatic nitrogens is 1. The molecule has 0 aromatic carbocycles. The number of hydrogen-bond acceptors (Lipinski definition) is 2.